The maximum absolute atomic E-state index is 5.70. The molecule has 0 spiro atoms. The molecule has 0 saturated carbocycles. The van der Waals surface area contributed by atoms with E-state index < -0.39 is 0 Å². The maximum Gasteiger partial charge on any atom is 0.214 e. The summed E-state index contributed by atoms with van der Waals surface area (Å²) in [4.78, 5) is 4.67. The SMILES string of the molecule is CCCC(C)Oc1cc(C(N)=S)cc(C)n1. The van der Waals surface area contributed by atoms with Crippen LogP contribution in [0.15, 0.2) is 12.1 Å². The number of hydrogen-bond donors (Lipinski definition) is 1. The predicted molar refractivity (Wildman–Crippen MR) is 69.9 cm³/mol. The maximum atomic E-state index is 5.70. The molecule has 1 heterocycles. The van der Waals surface area contributed by atoms with Gasteiger partial charge in [0.25, 0.3) is 0 Å². The number of hydrogen-bond acceptors (Lipinski definition) is 3. The molecule has 2 N–H and O–H groups in total. The summed E-state index contributed by atoms with van der Waals surface area (Å²) in [7, 11) is 0. The zero-order valence-corrected chi connectivity index (χ0v) is 10.8. The van der Waals surface area contributed by atoms with Crippen LogP contribution in [0.1, 0.15) is 37.9 Å². The van der Waals surface area contributed by atoms with Gasteiger partial charge in [0.2, 0.25) is 5.88 Å². The molecular weight excluding hydrogens is 220 g/mol. The fourth-order valence-electron chi connectivity index (χ4n) is 1.51. The molecule has 1 aromatic rings. The summed E-state index contributed by atoms with van der Waals surface area (Å²) in [5, 5.41) is 0. The molecule has 0 aromatic carbocycles. The first-order valence-electron chi connectivity index (χ1n) is 5.48. The highest BCUT2D eigenvalue weighted by Crippen LogP contribution is 2.15. The molecule has 1 rings (SSSR count). The summed E-state index contributed by atoms with van der Waals surface area (Å²) in [5.74, 6) is 0.601. The third-order valence-corrected chi connectivity index (χ3v) is 2.47. The molecular formula is C12H18N2OS. The number of nitrogens with two attached hydrogens (primary N) is 1. The van der Waals surface area contributed by atoms with Gasteiger partial charge in [-0.15, -0.1) is 0 Å². The quantitative estimate of drug-likeness (QED) is 0.801. The van der Waals surface area contributed by atoms with Crippen molar-refractivity contribution in [3.63, 3.8) is 0 Å². The Morgan fingerprint density at radius 1 is 1.56 bits per heavy atom. The first-order valence-corrected chi connectivity index (χ1v) is 5.89. The van der Waals surface area contributed by atoms with Crippen molar-refractivity contribution in [1.29, 1.82) is 0 Å². The number of ether oxygens (including phenoxy) is 1. The lowest BCUT2D eigenvalue weighted by atomic mass is 10.2. The Bertz CT molecular complexity index is 379. The minimum absolute atomic E-state index is 0.165. The van der Waals surface area contributed by atoms with Crippen molar-refractivity contribution in [2.45, 2.75) is 39.7 Å². The number of nitrogens with zero attached hydrogens (tertiary/aromatic N) is 1. The van der Waals surface area contributed by atoms with Gasteiger partial charge in [-0.2, -0.15) is 0 Å². The van der Waals surface area contributed by atoms with E-state index in [1.807, 2.05) is 19.9 Å². The number of aromatic nitrogens is 1. The highest BCUT2D eigenvalue weighted by Gasteiger charge is 2.07. The lowest BCUT2D eigenvalue weighted by Gasteiger charge is -2.14. The Hall–Kier alpha value is -1.16. The van der Waals surface area contributed by atoms with Crippen LogP contribution in [0, 0.1) is 6.92 Å². The molecule has 4 heteroatoms. The van der Waals surface area contributed by atoms with E-state index in [9.17, 15) is 0 Å². The van der Waals surface area contributed by atoms with E-state index in [-0.39, 0.29) is 6.10 Å². The van der Waals surface area contributed by atoms with E-state index in [4.69, 9.17) is 22.7 Å². The molecule has 0 amide bonds. The molecule has 0 radical (unpaired) electrons. The van der Waals surface area contributed by atoms with Crippen LogP contribution >= 0.6 is 12.2 Å². The van der Waals surface area contributed by atoms with Crippen LogP contribution in [-0.2, 0) is 0 Å². The van der Waals surface area contributed by atoms with Crippen molar-refractivity contribution < 1.29 is 4.74 Å². The molecule has 0 fully saturated rings. The summed E-state index contributed by atoms with van der Waals surface area (Å²) in [6, 6.07) is 3.65. The average Bonchev–Trinajstić information content (AvgIpc) is 2.16. The zero-order valence-electron chi connectivity index (χ0n) is 9.99. The van der Waals surface area contributed by atoms with Crippen LogP contribution in [0.25, 0.3) is 0 Å². The van der Waals surface area contributed by atoms with Crippen molar-refractivity contribution in [2.24, 2.45) is 5.73 Å². The van der Waals surface area contributed by atoms with Crippen LogP contribution in [0.3, 0.4) is 0 Å². The van der Waals surface area contributed by atoms with Crippen LogP contribution in [0.2, 0.25) is 0 Å². The van der Waals surface area contributed by atoms with E-state index in [2.05, 4.69) is 11.9 Å². The lowest BCUT2D eigenvalue weighted by Crippen LogP contribution is -2.14. The number of rotatable bonds is 5. The molecule has 1 unspecified atom stereocenters. The zero-order chi connectivity index (χ0) is 12.1. The van der Waals surface area contributed by atoms with E-state index >= 15 is 0 Å². The van der Waals surface area contributed by atoms with E-state index in [0.717, 1.165) is 24.1 Å². The molecule has 1 atom stereocenters. The highest BCUT2D eigenvalue weighted by atomic mass is 32.1. The van der Waals surface area contributed by atoms with Crippen molar-refractivity contribution in [2.75, 3.05) is 0 Å². The van der Waals surface area contributed by atoms with Gasteiger partial charge in [-0.3, -0.25) is 0 Å². The van der Waals surface area contributed by atoms with Gasteiger partial charge >= 0.3 is 0 Å². The van der Waals surface area contributed by atoms with Gasteiger partial charge < -0.3 is 10.5 Å². The van der Waals surface area contributed by atoms with Gasteiger partial charge in [0.05, 0.1) is 6.10 Å². The van der Waals surface area contributed by atoms with Crippen LogP contribution in [0.5, 0.6) is 5.88 Å². The fourth-order valence-corrected chi connectivity index (χ4v) is 1.63. The number of aryl methyl sites for hydroxylation is 1. The Morgan fingerprint density at radius 3 is 2.81 bits per heavy atom. The summed E-state index contributed by atoms with van der Waals surface area (Å²) in [6.07, 6.45) is 2.27. The second kappa shape index (κ2) is 5.80. The second-order valence-corrected chi connectivity index (χ2v) is 4.36. The van der Waals surface area contributed by atoms with E-state index in [1.165, 1.54) is 0 Å². The van der Waals surface area contributed by atoms with Crippen LogP contribution < -0.4 is 10.5 Å². The van der Waals surface area contributed by atoms with Gasteiger partial charge in [0.15, 0.2) is 0 Å². The van der Waals surface area contributed by atoms with E-state index in [0.29, 0.717) is 10.9 Å². The van der Waals surface area contributed by atoms with Crippen molar-refractivity contribution >= 4 is 17.2 Å². The van der Waals surface area contributed by atoms with Crippen LogP contribution in [-0.4, -0.2) is 16.1 Å². The molecule has 0 aliphatic rings. The molecule has 0 saturated heterocycles. The van der Waals surface area contributed by atoms with E-state index in [1.54, 1.807) is 6.07 Å². The molecule has 1 aromatic heterocycles. The third kappa shape index (κ3) is 3.77. The largest absolute Gasteiger partial charge is 0.475 e. The number of pyridine rings is 1. The minimum atomic E-state index is 0.165. The molecule has 3 nitrogen and oxygen atoms in total. The standard InChI is InChI=1S/C12H18N2OS/c1-4-5-9(3)15-11-7-10(12(13)16)6-8(2)14-11/h6-7,9H,4-5H2,1-3H3,(H2,13,16). The fraction of sp³-hybridized carbons (Fsp3) is 0.500. The average molecular weight is 238 g/mol. The highest BCUT2D eigenvalue weighted by molar-refractivity contribution is 7.80. The van der Waals surface area contributed by atoms with Gasteiger partial charge in [-0.25, -0.2) is 4.98 Å². The van der Waals surface area contributed by atoms with Gasteiger partial charge in [-0.1, -0.05) is 25.6 Å². The Morgan fingerprint density at radius 2 is 2.25 bits per heavy atom. The smallest absolute Gasteiger partial charge is 0.214 e. The summed E-state index contributed by atoms with van der Waals surface area (Å²) >= 11 is 4.94. The third-order valence-electron chi connectivity index (χ3n) is 2.23. The Balaban J connectivity index is 2.84. The normalized spacial score (nSPS) is 12.2. The molecule has 0 aliphatic heterocycles. The molecule has 0 bridgehead atoms. The molecule has 16 heavy (non-hydrogen) atoms. The first kappa shape index (κ1) is 12.9. The Kier molecular flexibility index (Phi) is 4.68. The predicted octanol–water partition coefficient (Wildman–Crippen LogP) is 2.59. The first-order chi connectivity index (χ1) is 7.52. The second-order valence-electron chi connectivity index (χ2n) is 3.92. The number of thiocarbonyl (C=S) groups is 1. The van der Waals surface area contributed by atoms with Crippen molar-refractivity contribution in [3.8, 4) is 5.88 Å². The summed E-state index contributed by atoms with van der Waals surface area (Å²) < 4.78 is 5.70. The monoisotopic (exact) mass is 238 g/mol. The summed E-state index contributed by atoms with van der Waals surface area (Å²) in [6.45, 7) is 6.07. The van der Waals surface area contributed by atoms with Gasteiger partial charge in [0, 0.05) is 17.3 Å². The summed E-state index contributed by atoms with van der Waals surface area (Å²) in [5.41, 5.74) is 7.26. The van der Waals surface area contributed by atoms with Gasteiger partial charge in [-0.05, 0) is 26.3 Å². The van der Waals surface area contributed by atoms with Gasteiger partial charge in [0.1, 0.15) is 4.99 Å². The topological polar surface area (TPSA) is 48.1 Å². The molecule has 88 valence electrons. The minimum Gasteiger partial charge on any atom is -0.475 e. The Labute approximate surface area is 102 Å². The van der Waals surface area contributed by atoms with Crippen molar-refractivity contribution in [3.05, 3.63) is 23.4 Å². The lowest BCUT2D eigenvalue weighted by molar-refractivity contribution is 0.201. The molecule has 0 aliphatic carbocycles. The van der Waals surface area contributed by atoms with Crippen molar-refractivity contribution in [1.82, 2.24) is 4.98 Å². The van der Waals surface area contributed by atoms with Crippen LogP contribution in [0.4, 0.5) is 0 Å².